The summed E-state index contributed by atoms with van der Waals surface area (Å²) in [6.07, 6.45) is 3.54. The Kier molecular flexibility index (Phi) is 2.11. The molecule has 0 aliphatic rings. The average molecular weight is 182 g/mol. The highest BCUT2D eigenvalue weighted by Crippen LogP contribution is 2.25. The lowest BCUT2D eigenvalue weighted by molar-refractivity contribution is 1.40. The van der Waals surface area contributed by atoms with E-state index in [2.05, 4.69) is 23.3 Å². The molecule has 0 fully saturated rings. The van der Waals surface area contributed by atoms with Crippen LogP contribution < -0.4 is 0 Å². The van der Waals surface area contributed by atoms with Crippen LogP contribution in [0.2, 0.25) is 0 Å². The third-order valence-corrected chi connectivity index (χ3v) is 2.14. The quantitative estimate of drug-likeness (QED) is 0.654. The van der Waals surface area contributed by atoms with Crippen LogP contribution in [0.5, 0.6) is 0 Å². The van der Waals surface area contributed by atoms with Gasteiger partial charge in [-0.2, -0.15) is 0 Å². The van der Waals surface area contributed by atoms with Crippen LogP contribution in [0.4, 0.5) is 5.69 Å². The average Bonchev–Trinajstić information content (AvgIpc) is 2.27. The molecule has 0 unspecified atom stereocenters. The molecule has 68 valence electrons. The van der Waals surface area contributed by atoms with E-state index in [4.69, 9.17) is 0 Å². The third kappa shape index (κ3) is 1.31. The minimum absolute atomic E-state index is 0.848. The summed E-state index contributed by atoms with van der Waals surface area (Å²) < 4.78 is 0. The molecule has 2 rings (SSSR count). The smallest absolute Gasteiger partial charge is 0.0709 e. The molecule has 0 amide bonds. The lowest BCUT2D eigenvalue weighted by atomic mass is 10.1. The zero-order chi connectivity index (χ0) is 9.97. The van der Waals surface area contributed by atoms with E-state index in [0.717, 1.165) is 22.2 Å². The summed E-state index contributed by atoms with van der Waals surface area (Å²) in [5.41, 5.74) is 2.77. The second-order valence-electron chi connectivity index (χ2n) is 2.97. The van der Waals surface area contributed by atoms with Gasteiger partial charge >= 0.3 is 0 Å². The molecule has 0 atom stereocenters. The maximum absolute atomic E-state index is 4.26. The van der Waals surface area contributed by atoms with Gasteiger partial charge in [-0.25, -0.2) is 0 Å². The molecular weight excluding hydrogens is 172 g/mol. The topological polar surface area (TPSA) is 25.2 Å². The fourth-order valence-corrected chi connectivity index (χ4v) is 1.42. The van der Waals surface area contributed by atoms with Crippen LogP contribution in [-0.4, -0.2) is 11.7 Å². The van der Waals surface area contributed by atoms with E-state index in [1.807, 2.05) is 24.3 Å². The van der Waals surface area contributed by atoms with Crippen LogP contribution in [0.1, 0.15) is 5.56 Å². The number of fused-ring (bicyclic) bond motifs is 1. The van der Waals surface area contributed by atoms with E-state index in [-0.39, 0.29) is 0 Å². The normalized spacial score (nSPS) is 10.0. The Morgan fingerprint density at radius 1 is 1.36 bits per heavy atom. The molecule has 2 heteroatoms. The van der Waals surface area contributed by atoms with Crippen molar-refractivity contribution in [1.29, 1.82) is 0 Å². The summed E-state index contributed by atoms with van der Waals surface area (Å²) in [6.45, 7) is 7.26. The highest BCUT2D eigenvalue weighted by Gasteiger charge is 2.00. The molecule has 0 aliphatic heterocycles. The second kappa shape index (κ2) is 3.42. The van der Waals surface area contributed by atoms with E-state index < -0.39 is 0 Å². The van der Waals surface area contributed by atoms with Gasteiger partial charge in [0.15, 0.2) is 0 Å². The van der Waals surface area contributed by atoms with Gasteiger partial charge in [-0.1, -0.05) is 18.7 Å². The zero-order valence-electron chi connectivity index (χ0n) is 7.77. The fourth-order valence-electron chi connectivity index (χ4n) is 1.42. The number of hydrogen-bond acceptors (Lipinski definition) is 2. The van der Waals surface area contributed by atoms with Gasteiger partial charge in [-0.15, -0.1) is 0 Å². The van der Waals surface area contributed by atoms with E-state index >= 15 is 0 Å². The molecule has 0 spiro atoms. The zero-order valence-corrected chi connectivity index (χ0v) is 7.77. The number of aliphatic imine (C=N–C) groups is 1. The molecule has 0 aliphatic carbocycles. The molecule has 0 saturated carbocycles. The Bertz CT molecular complexity index is 454. The Balaban J connectivity index is 2.81. The standard InChI is InChI=1S/C12H10N2/c1-3-9-7-12-10(5-4-6-14-12)8-11(9)13-2/h3-8H,1-2H2. The Hall–Kier alpha value is -1.96. The SMILES string of the molecule is C=Cc1cc2ncccc2cc1N=C. The Morgan fingerprint density at radius 3 is 2.93 bits per heavy atom. The first-order valence-electron chi connectivity index (χ1n) is 4.33. The lowest BCUT2D eigenvalue weighted by Crippen LogP contribution is -1.80. The number of nitrogens with zero attached hydrogens (tertiary/aromatic N) is 2. The first kappa shape index (κ1) is 8.63. The number of rotatable bonds is 2. The second-order valence-corrected chi connectivity index (χ2v) is 2.97. The molecule has 14 heavy (non-hydrogen) atoms. The van der Waals surface area contributed by atoms with Crippen molar-refractivity contribution in [2.45, 2.75) is 0 Å². The number of pyridine rings is 1. The van der Waals surface area contributed by atoms with Gasteiger partial charge in [-0.3, -0.25) is 9.98 Å². The Labute approximate surface area is 82.6 Å². The van der Waals surface area contributed by atoms with Crippen molar-refractivity contribution in [2.24, 2.45) is 4.99 Å². The monoisotopic (exact) mass is 182 g/mol. The van der Waals surface area contributed by atoms with Crippen molar-refractivity contribution in [3.8, 4) is 0 Å². The molecule has 0 N–H and O–H groups in total. The van der Waals surface area contributed by atoms with Gasteiger partial charge in [0.25, 0.3) is 0 Å². The number of aromatic nitrogens is 1. The summed E-state index contributed by atoms with van der Waals surface area (Å²) in [7, 11) is 0. The lowest BCUT2D eigenvalue weighted by Gasteiger charge is -2.02. The minimum atomic E-state index is 0.848. The minimum Gasteiger partial charge on any atom is -0.264 e. The van der Waals surface area contributed by atoms with E-state index in [1.54, 1.807) is 12.3 Å². The molecular formula is C12H10N2. The van der Waals surface area contributed by atoms with Crippen LogP contribution >= 0.6 is 0 Å². The van der Waals surface area contributed by atoms with Gasteiger partial charge in [0.2, 0.25) is 0 Å². The molecule has 2 nitrogen and oxygen atoms in total. The first-order valence-corrected chi connectivity index (χ1v) is 4.33. The molecule has 0 radical (unpaired) electrons. The van der Waals surface area contributed by atoms with Crippen molar-refractivity contribution >= 4 is 29.4 Å². The highest BCUT2D eigenvalue weighted by molar-refractivity contribution is 5.86. The maximum Gasteiger partial charge on any atom is 0.0709 e. The highest BCUT2D eigenvalue weighted by atomic mass is 14.7. The fraction of sp³-hybridized carbons (Fsp3) is 0. The molecule has 1 aromatic heterocycles. The first-order chi connectivity index (χ1) is 6.85. The van der Waals surface area contributed by atoms with Crippen LogP contribution in [0, 0.1) is 0 Å². The molecule has 1 heterocycles. The molecule has 2 aromatic rings. The van der Waals surface area contributed by atoms with Crippen molar-refractivity contribution < 1.29 is 0 Å². The molecule has 1 aromatic carbocycles. The summed E-state index contributed by atoms with van der Waals surface area (Å²) >= 11 is 0. The number of hydrogen-bond donors (Lipinski definition) is 0. The van der Waals surface area contributed by atoms with Gasteiger partial charge in [-0.05, 0) is 24.9 Å². The van der Waals surface area contributed by atoms with Crippen LogP contribution in [0.3, 0.4) is 0 Å². The summed E-state index contributed by atoms with van der Waals surface area (Å²) in [4.78, 5) is 8.20. The maximum atomic E-state index is 4.26. The largest absolute Gasteiger partial charge is 0.264 e. The molecule has 0 saturated heterocycles. The Morgan fingerprint density at radius 2 is 2.21 bits per heavy atom. The third-order valence-electron chi connectivity index (χ3n) is 2.14. The molecule has 0 bridgehead atoms. The van der Waals surface area contributed by atoms with Crippen molar-refractivity contribution in [3.63, 3.8) is 0 Å². The van der Waals surface area contributed by atoms with Crippen LogP contribution in [-0.2, 0) is 0 Å². The van der Waals surface area contributed by atoms with Gasteiger partial charge in [0, 0.05) is 17.1 Å². The summed E-state index contributed by atoms with van der Waals surface area (Å²) in [5, 5.41) is 1.07. The van der Waals surface area contributed by atoms with Crippen LogP contribution in [0.15, 0.2) is 42.0 Å². The van der Waals surface area contributed by atoms with Gasteiger partial charge in [0.05, 0.1) is 11.2 Å². The number of benzene rings is 1. The van der Waals surface area contributed by atoms with Crippen molar-refractivity contribution in [1.82, 2.24) is 4.98 Å². The van der Waals surface area contributed by atoms with Crippen molar-refractivity contribution in [3.05, 3.63) is 42.6 Å². The van der Waals surface area contributed by atoms with Crippen molar-refractivity contribution in [2.75, 3.05) is 0 Å². The van der Waals surface area contributed by atoms with Gasteiger partial charge in [0.1, 0.15) is 0 Å². The van der Waals surface area contributed by atoms with E-state index in [9.17, 15) is 0 Å². The predicted molar refractivity (Wildman–Crippen MR) is 61.0 cm³/mol. The summed E-state index contributed by atoms with van der Waals surface area (Å²) in [6, 6.07) is 7.84. The predicted octanol–water partition coefficient (Wildman–Crippen LogP) is 3.21. The van der Waals surface area contributed by atoms with Crippen LogP contribution in [0.25, 0.3) is 17.0 Å². The summed E-state index contributed by atoms with van der Waals surface area (Å²) in [5.74, 6) is 0. The van der Waals surface area contributed by atoms with E-state index in [1.165, 1.54) is 0 Å². The van der Waals surface area contributed by atoms with E-state index in [0.29, 0.717) is 0 Å². The van der Waals surface area contributed by atoms with Gasteiger partial charge < -0.3 is 0 Å².